The Hall–Kier alpha value is -3.19. The Morgan fingerprint density at radius 2 is 1.79 bits per heavy atom. The van der Waals surface area contributed by atoms with Crippen molar-refractivity contribution in [2.24, 2.45) is 0 Å². The summed E-state index contributed by atoms with van der Waals surface area (Å²) in [6.45, 7) is 9.02. The molecule has 4 rings (SSSR count). The van der Waals surface area contributed by atoms with Crippen LogP contribution in [-0.4, -0.2) is 38.8 Å². The third kappa shape index (κ3) is 5.99. The molecular formula is C26H30FN5O. The van der Waals surface area contributed by atoms with Gasteiger partial charge in [-0.2, -0.15) is 0 Å². The van der Waals surface area contributed by atoms with Gasteiger partial charge in [-0.15, -0.1) is 0 Å². The van der Waals surface area contributed by atoms with E-state index in [0.717, 1.165) is 65.8 Å². The summed E-state index contributed by atoms with van der Waals surface area (Å²) in [6.07, 6.45) is 1.25. The van der Waals surface area contributed by atoms with Gasteiger partial charge in [0.1, 0.15) is 11.6 Å². The number of likely N-dealkylation sites (tertiary alicyclic amines) is 1. The van der Waals surface area contributed by atoms with E-state index >= 15 is 0 Å². The first-order valence-electron chi connectivity index (χ1n) is 11.4. The molecule has 1 aliphatic rings. The fourth-order valence-electron chi connectivity index (χ4n) is 4.33. The van der Waals surface area contributed by atoms with Crippen molar-refractivity contribution in [3.8, 4) is 0 Å². The maximum absolute atomic E-state index is 13.0. The Labute approximate surface area is 194 Å². The monoisotopic (exact) mass is 447 g/mol. The first-order chi connectivity index (χ1) is 15.9. The quantitative estimate of drug-likeness (QED) is 0.597. The summed E-state index contributed by atoms with van der Waals surface area (Å²) in [5, 5.41) is 2.89. The van der Waals surface area contributed by atoms with Crippen molar-refractivity contribution in [1.82, 2.24) is 25.2 Å². The highest BCUT2D eigenvalue weighted by molar-refractivity contribution is 5.79. The number of hydrogen-bond acceptors (Lipinski definition) is 5. The number of benzene rings is 1. The van der Waals surface area contributed by atoms with Gasteiger partial charge in [0.2, 0.25) is 5.91 Å². The number of carbonyl (C=O) groups is 1. The van der Waals surface area contributed by atoms with Crippen LogP contribution >= 0.6 is 0 Å². The summed E-state index contributed by atoms with van der Waals surface area (Å²) in [6, 6.07) is 12.3. The molecule has 1 atom stereocenters. The smallest absolute Gasteiger partial charge is 0.224 e. The van der Waals surface area contributed by atoms with Crippen LogP contribution in [0.1, 0.15) is 52.1 Å². The molecule has 3 aromatic rings. The standard InChI is InChI=1S/C26H30FN5O/c1-17-5-4-6-23(29-17)16-32-12-11-21(15-32)26-30-18(2)24(19(3)31-26)13-25(33)28-14-20-7-9-22(27)10-8-20/h4-10,21H,11-16H2,1-3H3,(H,28,33)/t21-/m1/s1. The zero-order valence-corrected chi connectivity index (χ0v) is 19.4. The van der Waals surface area contributed by atoms with Gasteiger partial charge in [-0.05, 0) is 63.6 Å². The summed E-state index contributed by atoms with van der Waals surface area (Å²) in [5.74, 6) is 0.763. The average Bonchev–Trinajstić information content (AvgIpc) is 3.24. The van der Waals surface area contributed by atoms with Crippen LogP contribution in [0.3, 0.4) is 0 Å². The van der Waals surface area contributed by atoms with Crippen LogP contribution in [0.2, 0.25) is 0 Å². The highest BCUT2D eigenvalue weighted by atomic mass is 19.1. The van der Waals surface area contributed by atoms with Crippen LogP contribution in [0.4, 0.5) is 4.39 Å². The van der Waals surface area contributed by atoms with Gasteiger partial charge >= 0.3 is 0 Å². The molecule has 2 aromatic heterocycles. The molecule has 6 nitrogen and oxygen atoms in total. The Kier molecular flexibility index (Phi) is 7.08. The molecular weight excluding hydrogens is 417 g/mol. The molecule has 0 bridgehead atoms. The number of hydrogen-bond donors (Lipinski definition) is 1. The Bertz CT molecular complexity index is 1110. The number of nitrogens with zero attached hydrogens (tertiary/aromatic N) is 4. The zero-order valence-electron chi connectivity index (χ0n) is 19.4. The highest BCUT2D eigenvalue weighted by Gasteiger charge is 2.27. The van der Waals surface area contributed by atoms with Gasteiger partial charge in [-0.3, -0.25) is 14.7 Å². The maximum atomic E-state index is 13.0. The number of pyridine rings is 1. The van der Waals surface area contributed by atoms with Crippen molar-refractivity contribution >= 4 is 5.91 Å². The third-order valence-electron chi connectivity index (χ3n) is 6.15. The van der Waals surface area contributed by atoms with E-state index in [1.54, 1.807) is 12.1 Å². The van der Waals surface area contributed by atoms with Crippen LogP contribution in [0.15, 0.2) is 42.5 Å². The van der Waals surface area contributed by atoms with Crippen molar-refractivity contribution in [2.45, 2.75) is 52.6 Å². The van der Waals surface area contributed by atoms with Gasteiger partial charge in [-0.25, -0.2) is 14.4 Å². The van der Waals surface area contributed by atoms with Crippen LogP contribution in [0.5, 0.6) is 0 Å². The van der Waals surface area contributed by atoms with Gasteiger partial charge in [0.05, 0.1) is 12.1 Å². The molecule has 1 N–H and O–H groups in total. The van der Waals surface area contributed by atoms with E-state index in [1.807, 2.05) is 26.8 Å². The van der Waals surface area contributed by atoms with E-state index < -0.39 is 0 Å². The fraction of sp³-hybridized carbons (Fsp3) is 0.385. The summed E-state index contributed by atoms with van der Waals surface area (Å²) in [7, 11) is 0. The van der Waals surface area contributed by atoms with Crippen molar-refractivity contribution in [2.75, 3.05) is 13.1 Å². The molecule has 1 aromatic carbocycles. The minimum absolute atomic E-state index is 0.0976. The lowest BCUT2D eigenvalue weighted by atomic mass is 10.0. The number of amides is 1. The molecule has 7 heteroatoms. The summed E-state index contributed by atoms with van der Waals surface area (Å²) in [4.78, 5) is 29.1. The van der Waals surface area contributed by atoms with Crippen LogP contribution in [-0.2, 0) is 24.3 Å². The lowest BCUT2D eigenvalue weighted by Gasteiger charge is -2.17. The summed E-state index contributed by atoms with van der Waals surface area (Å²) >= 11 is 0. The number of halogens is 1. The first kappa shape index (κ1) is 23.0. The maximum Gasteiger partial charge on any atom is 0.224 e. The number of nitrogens with one attached hydrogen (secondary N) is 1. The molecule has 1 amide bonds. The molecule has 0 radical (unpaired) electrons. The zero-order chi connectivity index (χ0) is 23.4. The van der Waals surface area contributed by atoms with Gasteiger partial charge in [0.25, 0.3) is 0 Å². The van der Waals surface area contributed by atoms with Gasteiger partial charge < -0.3 is 5.32 Å². The highest BCUT2D eigenvalue weighted by Crippen LogP contribution is 2.27. The Balaban J connectivity index is 1.35. The average molecular weight is 448 g/mol. The number of rotatable bonds is 7. The molecule has 0 saturated carbocycles. The third-order valence-corrected chi connectivity index (χ3v) is 6.15. The predicted octanol–water partition coefficient (Wildman–Crippen LogP) is 3.78. The Morgan fingerprint density at radius 1 is 1.06 bits per heavy atom. The van der Waals surface area contributed by atoms with Crippen LogP contribution < -0.4 is 5.32 Å². The largest absolute Gasteiger partial charge is 0.352 e. The molecule has 3 heterocycles. The lowest BCUT2D eigenvalue weighted by molar-refractivity contribution is -0.120. The normalized spacial score (nSPS) is 16.2. The van der Waals surface area contributed by atoms with Crippen molar-refractivity contribution in [3.63, 3.8) is 0 Å². The van der Waals surface area contributed by atoms with Crippen LogP contribution in [0.25, 0.3) is 0 Å². The minimum atomic E-state index is -0.286. The second-order valence-electron chi connectivity index (χ2n) is 8.80. The van der Waals surface area contributed by atoms with E-state index in [-0.39, 0.29) is 24.1 Å². The van der Waals surface area contributed by atoms with Crippen molar-refractivity contribution in [1.29, 1.82) is 0 Å². The number of carbonyl (C=O) groups excluding carboxylic acids is 1. The van der Waals surface area contributed by atoms with Gasteiger partial charge in [-0.1, -0.05) is 18.2 Å². The van der Waals surface area contributed by atoms with E-state index in [4.69, 9.17) is 9.97 Å². The second-order valence-corrected chi connectivity index (χ2v) is 8.80. The van der Waals surface area contributed by atoms with Crippen molar-refractivity contribution in [3.05, 3.63) is 88.0 Å². The van der Waals surface area contributed by atoms with Gasteiger partial charge in [0.15, 0.2) is 0 Å². The van der Waals surface area contributed by atoms with E-state index in [1.165, 1.54) is 12.1 Å². The molecule has 172 valence electrons. The molecule has 0 unspecified atom stereocenters. The molecule has 33 heavy (non-hydrogen) atoms. The predicted molar refractivity (Wildman–Crippen MR) is 125 cm³/mol. The van der Waals surface area contributed by atoms with E-state index in [0.29, 0.717) is 6.54 Å². The SMILES string of the molecule is Cc1cccc(CN2CC[C@@H](c3nc(C)c(CC(=O)NCc4ccc(F)cc4)c(C)n3)C2)n1. The number of aromatic nitrogens is 3. The number of aryl methyl sites for hydroxylation is 3. The fourth-order valence-corrected chi connectivity index (χ4v) is 4.33. The Morgan fingerprint density at radius 3 is 2.48 bits per heavy atom. The van der Waals surface area contributed by atoms with E-state index in [9.17, 15) is 9.18 Å². The lowest BCUT2D eigenvalue weighted by Crippen LogP contribution is -2.26. The van der Waals surface area contributed by atoms with Gasteiger partial charge in [0, 0.05) is 48.2 Å². The van der Waals surface area contributed by atoms with Crippen LogP contribution in [0, 0.1) is 26.6 Å². The summed E-state index contributed by atoms with van der Waals surface area (Å²) < 4.78 is 13.0. The van der Waals surface area contributed by atoms with Crippen molar-refractivity contribution < 1.29 is 9.18 Å². The first-order valence-corrected chi connectivity index (χ1v) is 11.4. The molecule has 0 spiro atoms. The summed E-state index contributed by atoms with van der Waals surface area (Å²) in [5.41, 5.74) is 5.56. The molecule has 1 fully saturated rings. The molecule has 0 aliphatic carbocycles. The molecule has 1 saturated heterocycles. The molecule has 1 aliphatic heterocycles. The van der Waals surface area contributed by atoms with E-state index in [2.05, 4.69) is 27.3 Å². The topological polar surface area (TPSA) is 71.0 Å². The minimum Gasteiger partial charge on any atom is -0.352 e. The second kappa shape index (κ2) is 10.2.